The van der Waals surface area contributed by atoms with Crippen LogP contribution in [0.4, 0.5) is 0 Å². The second-order valence-electron chi connectivity index (χ2n) is 7.88. The Kier molecular flexibility index (Phi) is 6.65. The number of carbonyl (C=O) groups excluding carboxylic acids is 1. The predicted octanol–water partition coefficient (Wildman–Crippen LogP) is 4.07. The maximum atomic E-state index is 12.8. The van der Waals surface area contributed by atoms with Crippen molar-refractivity contribution >= 4 is 29.3 Å². The van der Waals surface area contributed by atoms with Crippen LogP contribution in [0.25, 0.3) is 17.1 Å². The van der Waals surface area contributed by atoms with Crippen molar-refractivity contribution < 1.29 is 4.79 Å². The highest BCUT2D eigenvalue weighted by atomic mass is 35.5. The van der Waals surface area contributed by atoms with Crippen molar-refractivity contribution in [3.8, 4) is 17.1 Å². The van der Waals surface area contributed by atoms with Crippen LogP contribution in [-0.4, -0.2) is 69.5 Å². The van der Waals surface area contributed by atoms with Gasteiger partial charge in [0.15, 0.2) is 11.0 Å². The number of nitrogens with zero attached hydrogens (tertiary/aromatic N) is 5. The predicted molar refractivity (Wildman–Crippen MR) is 126 cm³/mol. The molecule has 0 spiro atoms. The van der Waals surface area contributed by atoms with E-state index in [2.05, 4.69) is 54.2 Å². The van der Waals surface area contributed by atoms with Gasteiger partial charge in [-0.15, -0.1) is 10.2 Å². The van der Waals surface area contributed by atoms with E-state index in [1.54, 1.807) is 0 Å². The second-order valence-corrected chi connectivity index (χ2v) is 9.23. The number of halogens is 1. The molecule has 6 nitrogen and oxygen atoms in total. The number of hydrogen-bond donors (Lipinski definition) is 0. The summed E-state index contributed by atoms with van der Waals surface area (Å²) in [5, 5.41) is 10.2. The number of amides is 1. The number of benzene rings is 2. The quantitative estimate of drug-likeness (QED) is 0.543. The molecule has 0 aliphatic carbocycles. The first kappa shape index (κ1) is 21.9. The first-order valence-electron chi connectivity index (χ1n) is 10.3. The van der Waals surface area contributed by atoms with Gasteiger partial charge < -0.3 is 9.80 Å². The zero-order valence-corrected chi connectivity index (χ0v) is 19.6. The maximum absolute atomic E-state index is 12.8. The second kappa shape index (κ2) is 9.42. The number of aryl methyl sites for hydroxylation is 2. The molecule has 4 rings (SSSR count). The number of carbonyl (C=O) groups is 1. The van der Waals surface area contributed by atoms with Gasteiger partial charge in [0.2, 0.25) is 5.91 Å². The zero-order valence-electron chi connectivity index (χ0n) is 18.0. The van der Waals surface area contributed by atoms with Crippen molar-refractivity contribution in [2.24, 2.45) is 0 Å². The van der Waals surface area contributed by atoms with Crippen LogP contribution >= 0.6 is 23.4 Å². The molecule has 2 aromatic carbocycles. The monoisotopic (exact) mass is 455 g/mol. The Morgan fingerprint density at radius 2 is 1.81 bits per heavy atom. The fraction of sp³-hybridized carbons (Fsp3) is 0.348. The standard InChI is InChI=1S/C23H26ClN5OS/c1-16-8-9-17(2)20(14-16)29-22(18-6-4-5-7-19(18)24)25-26-23(29)31-15-21(30)28-12-10-27(3)11-13-28/h4-9,14H,10-13,15H2,1-3H3. The van der Waals surface area contributed by atoms with Crippen molar-refractivity contribution in [2.75, 3.05) is 39.0 Å². The summed E-state index contributed by atoms with van der Waals surface area (Å²) in [5.74, 6) is 1.14. The lowest BCUT2D eigenvalue weighted by molar-refractivity contribution is -0.129. The Morgan fingerprint density at radius 3 is 2.55 bits per heavy atom. The van der Waals surface area contributed by atoms with Gasteiger partial charge in [0, 0.05) is 31.7 Å². The van der Waals surface area contributed by atoms with Gasteiger partial charge in [-0.1, -0.05) is 47.6 Å². The zero-order chi connectivity index (χ0) is 22.0. The summed E-state index contributed by atoms with van der Waals surface area (Å²) in [5.41, 5.74) is 4.05. The molecule has 1 aliphatic heterocycles. The van der Waals surface area contributed by atoms with E-state index in [-0.39, 0.29) is 5.91 Å². The maximum Gasteiger partial charge on any atom is 0.233 e. The minimum absolute atomic E-state index is 0.132. The van der Waals surface area contributed by atoms with Crippen LogP contribution in [0, 0.1) is 13.8 Å². The SMILES string of the molecule is Cc1ccc(C)c(-n2c(SCC(=O)N3CCN(C)CC3)nnc2-c2ccccc2Cl)c1. The first-order chi connectivity index (χ1) is 14.9. The van der Waals surface area contributed by atoms with Gasteiger partial charge in [0.25, 0.3) is 0 Å². The van der Waals surface area contributed by atoms with Crippen molar-refractivity contribution in [1.82, 2.24) is 24.6 Å². The van der Waals surface area contributed by atoms with Gasteiger partial charge in [0.1, 0.15) is 0 Å². The third-order valence-electron chi connectivity index (χ3n) is 5.53. The van der Waals surface area contributed by atoms with E-state index in [0.717, 1.165) is 48.6 Å². The molecule has 1 aromatic heterocycles. The largest absolute Gasteiger partial charge is 0.339 e. The van der Waals surface area contributed by atoms with Crippen molar-refractivity contribution in [2.45, 2.75) is 19.0 Å². The molecule has 1 saturated heterocycles. The van der Waals surface area contributed by atoms with Crippen molar-refractivity contribution in [1.29, 1.82) is 0 Å². The van der Waals surface area contributed by atoms with E-state index in [0.29, 0.717) is 21.8 Å². The average molecular weight is 456 g/mol. The Balaban J connectivity index is 1.67. The fourth-order valence-electron chi connectivity index (χ4n) is 3.63. The van der Waals surface area contributed by atoms with Gasteiger partial charge in [-0.25, -0.2) is 0 Å². The topological polar surface area (TPSA) is 54.3 Å². The molecule has 1 aliphatic rings. The van der Waals surface area contributed by atoms with Crippen LogP contribution in [0.5, 0.6) is 0 Å². The number of piperazine rings is 1. The van der Waals surface area contributed by atoms with E-state index in [9.17, 15) is 4.79 Å². The molecule has 8 heteroatoms. The fourth-order valence-corrected chi connectivity index (χ4v) is 4.70. The number of hydrogen-bond acceptors (Lipinski definition) is 5. The van der Waals surface area contributed by atoms with Gasteiger partial charge in [-0.3, -0.25) is 9.36 Å². The summed E-state index contributed by atoms with van der Waals surface area (Å²) in [6.07, 6.45) is 0. The Labute approximate surface area is 192 Å². The lowest BCUT2D eigenvalue weighted by Crippen LogP contribution is -2.47. The van der Waals surface area contributed by atoms with Crippen LogP contribution in [0.15, 0.2) is 47.6 Å². The minimum Gasteiger partial charge on any atom is -0.339 e. The van der Waals surface area contributed by atoms with Crippen LogP contribution in [0.1, 0.15) is 11.1 Å². The third kappa shape index (κ3) is 4.79. The Morgan fingerprint density at radius 1 is 1.06 bits per heavy atom. The summed E-state index contributed by atoms with van der Waals surface area (Å²) in [4.78, 5) is 17.0. The molecule has 0 N–H and O–H groups in total. The minimum atomic E-state index is 0.132. The van der Waals surface area contributed by atoms with E-state index in [1.165, 1.54) is 11.8 Å². The van der Waals surface area contributed by atoms with Crippen LogP contribution in [0.3, 0.4) is 0 Å². The molecule has 0 bridgehead atoms. The van der Waals surface area contributed by atoms with Gasteiger partial charge in [-0.05, 0) is 50.2 Å². The van der Waals surface area contributed by atoms with Crippen LogP contribution < -0.4 is 0 Å². The molecular weight excluding hydrogens is 430 g/mol. The molecule has 0 unspecified atom stereocenters. The normalized spacial score (nSPS) is 14.8. The highest BCUT2D eigenvalue weighted by Gasteiger charge is 2.23. The van der Waals surface area contributed by atoms with Gasteiger partial charge >= 0.3 is 0 Å². The van der Waals surface area contributed by atoms with E-state index in [4.69, 9.17) is 11.6 Å². The first-order valence-corrected chi connectivity index (χ1v) is 11.7. The van der Waals surface area contributed by atoms with Crippen molar-refractivity contribution in [3.63, 3.8) is 0 Å². The van der Waals surface area contributed by atoms with Gasteiger partial charge in [-0.2, -0.15) is 0 Å². The molecule has 162 valence electrons. The smallest absolute Gasteiger partial charge is 0.233 e. The summed E-state index contributed by atoms with van der Waals surface area (Å²) < 4.78 is 2.02. The molecule has 1 fully saturated rings. The lowest BCUT2D eigenvalue weighted by atomic mass is 10.1. The number of likely N-dealkylation sites (N-methyl/N-ethyl adjacent to an activating group) is 1. The molecular formula is C23H26ClN5OS. The number of thioether (sulfide) groups is 1. The Bertz CT molecular complexity index is 1090. The molecule has 0 saturated carbocycles. The molecule has 31 heavy (non-hydrogen) atoms. The average Bonchev–Trinajstić information content (AvgIpc) is 3.18. The van der Waals surface area contributed by atoms with Crippen LogP contribution in [0.2, 0.25) is 5.02 Å². The number of rotatable bonds is 5. The molecule has 2 heterocycles. The van der Waals surface area contributed by atoms with Crippen LogP contribution in [-0.2, 0) is 4.79 Å². The lowest BCUT2D eigenvalue weighted by Gasteiger charge is -2.32. The highest BCUT2D eigenvalue weighted by molar-refractivity contribution is 7.99. The van der Waals surface area contributed by atoms with E-state index >= 15 is 0 Å². The molecule has 1 amide bonds. The molecule has 0 radical (unpaired) electrons. The summed E-state index contributed by atoms with van der Waals surface area (Å²) >= 11 is 7.91. The van der Waals surface area contributed by atoms with E-state index < -0.39 is 0 Å². The van der Waals surface area contributed by atoms with E-state index in [1.807, 2.05) is 33.7 Å². The Hall–Kier alpha value is -2.35. The highest BCUT2D eigenvalue weighted by Crippen LogP contribution is 2.33. The summed E-state index contributed by atoms with van der Waals surface area (Å²) in [6, 6.07) is 13.9. The number of aromatic nitrogens is 3. The third-order valence-corrected chi connectivity index (χ3v) is 6.78. The molecule has 0 atom stereocenters. The summed E-state index contributed by atoms with van der Waals surface area (Å²) in [7, 11) is 2.08. The summed E-state index contributed by atoms with van der Waals surface area (Å²) in [6.45, 7) is 7.48. The van der Waals surface area contributed by atoms with Crippen molar-refractivity contribution in [3.05, 3.63) is 58.6 Å². The molecule has 3 aromatic rings. The van der Waals surface area contributed by atoms with Gasteiger partial charge in [0.05, 0.1) is 16.5 Å².